The van der Waals surface area contributed by atoms with Crippen LogP contribution in [0.3, 0.4) is 0 Å². The van der Waals surface area contributed by atoms with Crippen LogP contribution in [0.15, 0.2) is 70.7 Å². The van der Waals surface area contributed by atoms with Gasteiger partial charge in [-0.25, -0.2) is 9.59 Å². The first kappa shape index (κ1) is 21.3. The molecule has 162 valence electrons. The molecular weight excluding hydrogens is 428 g/mol. The summed E-state index contributed by atoms with van der Waals surface area (Å²) in [6.07, 6.45) is 1.74. The molecule has 1 atom stereocenters. The average molecular weight is 449 g/mol. The Hall–Kier alpha value is -3.91. The largest absolute Gasteiger partial charge is 0.466 e. The smallest absolute Gasteiger partial charge is 0.340 e. The number of ether oxygens (including phenoxy) is 2. The summed E-state index contributed by atoms with van der Waals surface area (Å²) in [5, 5.41) is 0. The number of methoxy groups -OCH3 is 2. The van der Waals surface area contributed by atoms with Gasteiger partial charge in [-0.15, -0.1) is 0 Å². The Morgan fingerprint density at radius 1 is 0.969 bits per heavy atom. The van der Waals surface area contributed by atoms with Gasteiger partial charge < -0.3 is 19.6 Å². The highest BCUT2D eigenvalue weighted by Crippen LogP contribution is 2.37. The Bertz CT molecular complexity index is 1400. The van der Waals surface area contributed by atoms with Crippen molar-refractivity contribution in [3.63, 3.8) is 0 Å². The molecule has 0 spiro atoms. The monoisotopic (exact) mass is 448 g/mol. The van der Waals surface area contributed by atoms with Gasteiger partial charge in [0.15, 0.2) is 10.1 Å². The number of hydrogen-bond donors (Lipinski definition) is 1. The maximum atomic E-state index is 13.0. The van der Waals surface area contributed by atoms with Gasteiger partial charge in [-0.3, -0.25) is 4.57 Å². The van der Waals surface area contributed by atoms with Crippen LogP contribution in [0.4, 0.5) is 0 Å². The van der Waals surface area contributed by atoms with Gasteiger partial charge in [-0.05, 0) is 17.2 Å². The predicted octanol–water partition coefficient (Wildman–Crippen LogP) is 2.06. The molecule has 0 saturated carbocycles. The molecule has 8 heteroatoms. The second kappa shape index (κ2) is 8.68. The van der Waals surface area contributed by atoms with Crippen molar-refractivity contribution in [2.75, 3.05) is 14.2 Å². The van der Waals surface area contributed by atoms with Gasteiger partial charge in [0.1, 0.15) is 11.4 Å². The van der Waals surface area contributed by atoms with Gasteiger partial charge in [-0.2, -0.15) is 0 Å². The molecule has 1 aromatic heterocycles. The summed E-state index contributed by atoms with van der Waals surface area (Å²) in [6, 6.07) is 18.4. The van der Waals surface area contributed by atoms with E-state index in [0.717, 1.165) is 5.56 Å². The lowest BCUT2D eigenvalue weighted by atomic mass is 9.83. The van der Waals surface area contributed by atoms with Crippen LogP contribution in [0.2, 0.25) is 0 Å². The van der Waals surface area contributed by atoms with Crippen molar-refractivity contribution < 1.29 is 23.5 Å². The summed E-state index contributed by atoms with van der Waals surface area (Å²) in [6.45, 7) is 0. The molecule has 4 rings (SSSR count). The van der Waals surface area contributed by atoms with E-state index in [2.05, 4.69) is 0 Å². The number of hydrogen-bond acceptors (Lipinski definition) is 7. The average Bonchev–Trinajstić information content (AvgIpc) is 3.15. The van der Waals surface area contributed by atoms with Crippen LogP contribution in [-0.2, 0) is 19.1 Å². The van der Waals surface area contributed by atoms with Gasteiger partial charge in [0.05, 0.1) is 25.7 Å². The highest BCUT2D eigenvalue weighted by atomic mass is 32.1. The molecule has 32 heavy (non-hydrogen) atoms. The molecule has 0 radical (unpaired) electrons. The standard InChI is InChI=1S/C24H20N2O5S/c1-29-23(27)18-17(15-11-7-4-8-12-15)19(24(28)30-2)21-26(20(18)25)22(32)16(31-21)13-14-9-5-3-6-10-14/h3-13,17H,25H2,1-2H3. The Morgan fingerprint density at radius 2 is 1.53 bits per heavy atom. The highest BCUT2D eigenvalue weighted by Gasteiger charge is 2.40. The molecule has 0 bridgehead atoms. The fourth-order valence-electron chi connectivity index (χ4n) is 3.74. The first-order chi connectivity index (χ1) is 15.5. The third-order valence-electron chi connectivity index (χ3n) is 5.19. The molecule has 0 fully saturated rings. The van der Waals surface area contributed by atoms with Crippen LogP contribution in [0, 0.1) is 4.64 Å². The number of rotatable bonds is 4. The van der Waals surface area contributed by atoms with E-state index in [9.17, 15) is 9.59 Å². The van der Waals surface area contributed by atoms with Gasteiger partial charge >= 0.3 is 11.9 Å². The van der Waals surface area contributed by atoms with Crippen molar-refractivity contribution in [1.29, 1.82) is 0 Å². The summed E-state index contributed by atoms with van der Waals surface area (Å²) in [5.41, 5.74) is 8.56. The van der Waals surface area contributed by atoms with Crippen molar-refractivity contribution in [3.8, 4) is 0 Å². The van der Waals surface area contributed by atoms with E-state index in [0.29, 0.717) is 11.0 Å². The number of nitrogens with zero attached hydrogens (tertiary/aromatic N) is 1. The number of carbonyl (C=O) groups excluding carboxylic acids is 2. The second-order valence-corrected chi connectivity index (χ2v) is 7.39. The minimum atomic E-state index is -0.860. The zero-order valence-corrected chi connectivity index (χ0v) is 18.2. The fraction of sp³-hybridized carbons (Fsp3) is 0.125. The number of oxazole rings is 1. The van der Waals surface area contributed by atoms with Crippen molar-refractivity contribution in [1.82, 2.24) is 4.57 Å². The normalized spacial score (nSPS) is 16.0. The zero-order valence-electron chi connectivity index (χ0n) is 17.4. The summed E-state index contributed by atoms with van der Waals surface area (Å²) in [4.78, 5) is 25.8. The molecule has 0 aliphatic carbocycles. The van der Waals surface area contributed by atoms with Crippen molar-refractivity contribution in [2.24, 2.45) is 5.73 Å². The zero-order chi connectivity index (χ0) is 22.8. The van der Waals surface area contributed by atoms with Gasteiger partial charge in [0.2, 0.25) is 5.55 Å². The van der Waals surface area contributed by atoms with Gasteiger partial charge in [0.25, 0.3) is 0 Å². The van der Waals surface area contributed by atoms with E-state index in [1.165, 1.54) is 18.8 Å². The Labute approximate surface area is 188 Å². The molecule has 1 aliphatic heterocycles. The van der Waals surface area contributed by atoms with E-state index in [1.807, 2.05) is 36.4 Å². The second-order valence-electron chi connectivity index (χ2n) is 7.01. The van der Waals surface area contributed by atoms with Crippen LogP contribution in [0.25, 0.3) is 17.5 Å². The Morgan fingerprint density at radius 3 is 2.12 bits per heavy atom. The quantitative estimate of drug-likeness (QED) is 0.482. The minimum Gasteiger partial charge on any atom is -0.466 e. The maximum Gasteiger partial charge on any atom is 0.340 e. The topological polar surface area (TPSA) is 96.7 Å². The number of aromatic nitrogens is 1. The first-order valence-electron chi connectivity index (χ1n) is 9.72. The molecule has 2 N–H and O–H groups in total. The van der Waals surface area contributed by atoms with E-state index in [1.54, 1.807) is 30.3 Å². The summed E-state index contributed by atoms with van der Waals surface area (Å²) < 4.78 is 17.7. The molecule has 2 heterocycles. The molecule has 0 saturated heterocycles. The lowest BCUT2D eigenvalue weighted by Crippen LogP contribution is -2.37. The third-order valence-corrected chi connectivity index (χ3v) is 5.57. The van der Waals surface area contributed by atoms with Gasteiger partial charge in [0, 0.05) is 0 Å². The minimum absolute atomic E-state index is 0.0369. The Balaban J connectivity index is 2.14. The lowest BCUT2D eigenvalue weighted by Gasteiger charge is -2.26. The van der Waals surface area contributed by atoms with Gasteiger partial charge in [-0.1, -0.05) is 72.9 Å². The summed E-state index contributed by atoms with van der Waals surface area (Å²) >= 11 is 5.60. The molecule has 1 aliphatic rings. The van der Waals surface area contributed by atoms with Crippen LogP contribution in [0.5, 0.6) is 0 Å². The number of fused-ring (bicyclic) bond motifs is 1. The van der Waals surface area contributed by atoms with E-state index < -0.39 is 17.9 Å². The fourth-order valence-corrected chi connectivity index (χ4v) is 4.03. The maximum absolute atomic E-state index is 13.0. The van der Waals surface area contributed by atoms with Crippen LogP contribution >= 0.6 is 12.2 Å². The van der Waals surface area contributed by atoms with Crippen LogP contribution in [-0.4, -0.2) is 30.7 Å². The lowest BCUT2D eigenvalue weighted by molar-refractivity contribution is -0.136. The van der Waals surface area contributed by atoms with E-state index in [4.69, 9.17) is 31.8 Å². The van der Waals surface area contributed by atoms with E-state index in [-0.39, 0.29) is 27.2 Å². The van der Waals surface area contributed by atoms with E-state index >= 15 is 0 Å². The van der Waals surface area contributed by atoms with Crippen molar-refractivity contribution in [3.05, 3.63) is 93.0 Å². The first-order valence-corrected chi connectivity index (χ1v) is 10.1. The summed E-state index contributed by atoms with van der Waals surface area (Å²) in [5.74, 6) is -2.17. The van der Waals surface area contributed by atoms with Crippen molar-refractivity contribution >= 4 is 41.6 Å². The molecule has 3 aromatic rings. The SMILES string of the molecule is COC(=O)C1=C(N)n2c(oc(=Cc3ccccc3)c2=S)=C(C(=O)OC)C1c1ccccc1. The predicted molar refractivity (Wildman–Crippen MR) is 121 cm³/mol. The molecule has 7 nitrogen and oxygen atoms in total. The molecular formula is C24H20N2O5S. The van der Waals surface area contributed by atoms with Crippen LogP contribution in [0.1, 0.15) is 17.0 Å². The number of esters is 2. The van der Waals surface area contributed by atoms with Crippen molar-refractivity contribution in [2.45, 2.75) is 5.92 Å². The molecule has 0 amide bonds. The number of nitrogens with two attached hydrogens (primary N) is 1. The molecule has 1 unspecified atom stereocenters. The highest BCUT2D eigenvalue weighted by molar-refractivity contribution is 7.71. The number of carbonyl (C=O) groups is 2. The van der Waals surface area contributed by atoms with Crippen LogP contribution < -0.4 is 16.7 Å². The third kappa shape index (κ3) is 3.54. The Kier molecular flexibility index (Phi) is 5.79. The molecule has 2 aromatic carbocycles. The number of benzene rings is 2. The summed E-state index contributed by atoms with van der Waals surface area (Å²) in [7, 11) is 2.51.